The number of benzene rings is 2. The highest BCUT2D eigenvalue weighted by atomic mass is 16.5. The fourth-order valence-corrected chi connectivity index (χ4v) is 3.85. The molecule has 4 rings (SSSR count). The van der Waals surface area contributed by atoms with Crippen LogP contribution in [0.25, 0.3) is 0 Å². The summed E-state index contributed by atoms with van der Waals surface area (Å²) in [6, 6.07) is 12.4. The third-order valence-electron chi connectivity index (χ3n) is 5.64. The zero-order chi connectivity index (χ0) is 24.2. The SMILES string of the molecule is Cc1c(O[C@@H](c2ccncc2)c2ccc(C(N)=O)cc2OCC(C)C)ccc2c1OCCC2=O. The van der Waals surface area contributed by atoms with Gasteiger partial charge in [-0.3, -0.25) is 14.6 Å². The molecule has 0 bridgehead atoms. The average Bonchev–Trinajstić information content (AvgIpc) is 2.83. The van der Waals surface area contributed by atoms with E-state index < -0.39 is 12.0 Å². The summed E-state index contributed by atoms with van der Waals surface area (Å²) in [5.74, 6) is 1.48. The van der Waals surface area contributed by atoms with Crippen molar-refractivity contribution in [3.63, 3.8) is 0 Å². The number of Topliss-reactive ketones (excluding diaryl/α,β-unsaturated/α-hetero) is 1. The van der Waals surface area contributed by atoms with E-state index in [1.807, 2.05) is 32.9 Å². The number of pyridine rings is 1. The summed E-state index contributed by atoms with van der Waals surface area (Å²) in [4.78, 5) is 28.2. The number of hydrogen-bond acceptors (Lipinski definition) is 6. The van der Waals surface area contributed by atoms with Crippen LogP contribution < -0.4 is 19.9 Å². The maximum Gasteiger partial charge on any atom is 0.248 e. The summed E-state index contributed by atoms with van der Waals surface area (Å²) in [5, 5.41) is 0. The Hall–Kier alpha value is -3.87. The number of nitrogens with zero attached hydrogens (tertiary/aromatic N) is 1. The lowest BCUT2D eigenvalue weighted by Crippen LogP contribution is -2.18. The fraction of sp³-hybridized carbons (Fsp3) is 0.296. The van der Waals surface area contributed by atoms with E-state index >= 15 is 0 Å². The number of aromatic nitrogens is 1. The second-order valence-electron chi connectivity index (χ2n) is 8.69. The summed E-state index contributed by atoms with van der Waals surface area (Å²) in [6.07, 6.45) is 3.19. The largest absolute Gasteiger partial charge is 0.493 e. The first-order valence-electron chi connectivity index (χ1n) is 11.3. The van der Waals surface area contributed by atoms with Crippen LogP contribution in [-0.4, -0.2) is 29.9 Å². The first-order valence-corrected chi connectivity index (χ1v) is 11.3. The molecule has 34 heavy (non-hydrogen) atoms. The van der Waals surface area contributed by atoms with E-state index in [9.17, 15) is 9.59 Å². The molecule has 2 heterocycles. The molecule has 0 saturated carbocycles. The zero-order valence-corrected chi connectivity index (χ0v) is 19.5. The van der Waals surface area contributed by atoms with Gasteiger partial charge in [0.05, 0.1) is 18.8 Å². The lowest BCUT2D eigenvalue weighted by Gasteiger charge is -2.26. The second-order valence-corrected chi connectivity index (χ2v) is 8.69. The number of amides is 1. The topological polar surface area (TPSA) is 101 Å². The number of ether oxygens (including phenoxy) is 3. The molecule has 0 radical (unpaired) electrons. The molecule has 176 valence electrons. The number of carbonyl (C=O) groups excluding carboxylic acids is 2. The number of rotatable bonds is 8. The molecule has 0 aliphatic carbocycles. The number of hydrogen-bond donors (Lipinski definition) is 1. The molecule has 7 nitrogen and oxygen atoms in total. The molecule has 1 aromatic heterocycles. The summed E-state index contributed by atoms with van der Waals surface area (Å²) in [6.45, 7) is 6.79. The normalized spacial score (nSPS) is 13.7. The van der Waals surface area contributed by atoms with Crippen molar-refractivity contribution < 1.29 is 23.8 Å². The Labute approximate surface area is 198 Å². The first-order chi connectivity index (χ1) is 16.3. The van der Waals surface area contributed by atoms with Gasteiger partial charge in [-0.25, -0.2) is 0 Å². The minimum absolute atomic E-state index is 0.0630. The van der Waals surface area contributed by atoms with E-state index in [1.54, 1.807) is 42.7 Å². The Morgan fingerprint density at radius 3 is 2.59 bits per heavy atom. The third kappa shape index (κ3) is 4.88. The van der Waals surface area contributed by atoms with Crippen LogP contribution in [0.3, 0.4) is 0 Å². The van der Waals surface area contributed by atoms with Crippen LogP contribution in [0.1, 0.15) is 63.8 Å². The Morgan fingerprint density at radius 2 is 1.88 bits per heavy atom. The second kappa shape index (κ2) is 9.95. The van der Waals surface area contributed by atoms with Crippen molar-refractivity contribution >= 4 is 11.7 Å². The monoisotopic (exact) mass is 460 g/mol. The van der Waals surface area contributed by atoms with Crippen LogP contribution >= 0.6 is 0 Å². The molecule has 1 amide bonds. The van der Waals surface area contributed by atoms with Gasteiger partial charge >= 0.3 is 0 Å². The Bertz CT molecular complexity index is 1210. The maximum atomic E-state index is 12.3. The van der Waals surface area contributed by atoms with Crippen molar-refractivity contribution in [2.24, 2.45) is 11.7 Å². The summed E-state index contributed by atoms with van der Waals surface area (Å²) < 4.78 is 18.4. The number of ketones is 1. The van der Waals surface area contributed by atoms with Crippen molar-refractivity contribution in [1.82, 2.24) is 4.98 Å². The Balaban J connectivity index is 1.80. The van der Waals surface area contributed by atoms with E-state index in [-0.39, 0.29) is 11.7 Å². The summed E-state index contributed by atoms with van der Waals surface area (Å²) in [7, 11) is 0. The predicted octanol–water partition coefficient (Wildman–Crippen LogP) is 4.66. The van der Waals surface area contributed by atoms with Gasteiger partial charge in [-0.05, 0) is 49.2 Å². The Morgan fingerprint density at radius 1 is 1.12 bits per heavy atom. The maximum absolute atomic E-state index is 12.3. The minimum Gasteiger partial charge on any atom is -0.493 e. The first kappa shape index (κ1) is 23.3. The molecule has 7 heteroatoms. The molecule has 0 saturated heterocycles. The van der Waals surface area contributed by atoms with Crippen molar-refractivity contribution in [1.29, 1.82) is 0 Å². The molecular weight excluding hydrogens is 432 g/mol. The highest BCUT2D eigenvalue weighted by Crippen LogP contribution is 2.40. The highest BCUT2D eigenvalue weighted by molar-refractivity contribution is 6.00. The van der Waals surface area contributed by atoms with E-state index in [1.165, 1.54) is 0 Å². The molecule has 2 aromatic carbocycles. The number of nitrogens with two attached hydrogens (primary N) is 1. The van der Waals surface area contributed by atoms with Crippen molar-refractivity contribution in [3.8, 4) is 17.2 Å². The van der Waals surface area contributed by atoms with E-state index in [0.717, 1.165) is 16.7 Å². The molecule has 1 atom stereocenters. The quantitative estimate of drug-likeness (QED) is 0.525. The van der Waals surface area contributed by atoms with Gasteiger partial charge in [0.25, 0.3) is 0 Å². The zero-order valence-electron chi connectivity index (χ0n) is 19.5. The lowest BCUT2D eigenvalue weighted by molar-refractivity contribution is 0.0931. The van der Waals surface area contributed by atoms with Crippen molar-refractivity contribution in [2.75, 3.05) is 13.2 Å². The third-order valence-corrected chi connectivity index (χ3v) is 5.64. The smallest absolute Gasteiger partial charge is 0.248 e. The van der Waals surface area contributed by atoms with Gasteiger partial charge in [0.15, 0.2) is 11.9 Å². The van der Waals surface area contributed by atoms with Crippen LogP contribution in [0.4, 0.5) is 0 Å². The molecule has 0 fully saturated rings. The fourth-order valence-electron chi connectivity index (χ4n) is 3.85. The highest BCUT2D eigenvalue weighted by Gasteiger charge is 2.26. The lowest BCUT2D eigenvalue weighted by atomic mass is 9.98. The summed E-state index contributed by atoms with van der Waals surface area (Å²) in [5.41, 5.74) is 8.79. The van der Waals surface area contributed by atoms with Crippen molar-refractivity contribution in [2.45, 2.75) is 33.3 Å². The molecule has 2 N–H and O–H groups in total. The molecule has 0 unspecified atom stereocenters. The van der Waals surface area contributed by atoms with Crippen LogP contribution in [0.5, 0.6) is 17.2 Å². The van der Waals surface area contributed by atoms with Gasteiger partial charge in [-0.1, -0.05) is 19.9 Å². The van der Waals surface area contributed by atoms with E-state index in [4.69, 9.17) is 19.9 Å². The average molecular weight is 461 g/mol. The van der Waals surface area contributed by atoms with Crippen molar-refractivity contribution in [3.05, 3.63) is 82.7 Å². The van der Waals surface area contributed by atoms with E-state index in [2.05, 4.69) is 4.98 Å². The van der Waals surface area contributed by atoms with Crippen LogP contribution in [0, 0.1) is 12.8 Å². The molecule has 0 spiro atoms. The van der Waals surface area contributed by atoms with Crippen LogP contribution in [0.2, 0.25) is 0 Å². The van der Waals surface area contributed by atoms with Gasteiger partial charge in [-0.15, -0.1) is 0 Å². The van der Waals surface area contributed by atoms with Gasteiger partial charge in [0, 0.05) is 41.1 Å². The Kier molecular flexibility index (Phi) is 6.82. The summed E-state index contributed by atoms with van der Waals surface area (Å²) >= 11 is 0. The van der Waals surface area contributed by atoms with Gasteiger partial charge < -0.3 is 19.9 Å². The molecule has 1 aliphatic rings. The molecule has 3 aromatic rings. The number of fused-ring (bicyclic) bond motifs is 1. The molecule has 1 aliphatic heterocycles. The van der Waals surface area contributed by atoms with E-state index in [0.29, 0.717) is 48.0 Å². The minimum atomic E-state index is -0.567. The van der Waals surface area contributed by atoms with Crippen LogP contribution in [0.15, 0.2) is 54.9 Å². The standard InChI is InChI=1S/C27H28N2O5/c1-16(2)15-33-24-14-19(27(28)31)4-5-21(24)26(18-8-11-29-12-9-18)34-23-7-6-20-22(30)10-13-32-25(20)17(23)3/h4-9,11-12,14,16,26H,10,13,15H2,1-3H3,(H2,28,31)/t26-/m0/s1. The number of primary amides is 1. The van der Waals surface area contributed by atoms with Crippen LogP contribution in [-0.2, 0) is 0 Å². The predicted molar refractivity (Wildman–Crippen MR) is 128 cm³/mol. The van der Waals surface area contributed by atoms with Gasteiger partial charge in [0.2, 0.25) is 5.91 Å². The van der Waals surface area contributed by atoms with Gasteiger partial charge in [0.1, 0.15) is 17.2 Å². The number of carbonyl (C=O) groups is 2. The molecular formula is C27H28N2O5. The van der Waals surface area contributed by atoms with Gasteiger partial charge in [-0.2, -0.15) is 0 Å².